The lowest BCUT2D eigenvalue weighted by Crippen LogP contribution is -2.50. The first-order valence-electron chi connectivity index (χ1n) is 11.7. The quantitative estimate of drug-likeness (QED) is 0.134. The van der Waals surface area contributed by atoms with Crippen molar-refractivity contribution in [3.05, 3.63) is 51.4 Å². The zero-order valence-corrected chi connectivity index (χ0v) is 24.7. The molecule has 0 amide bonds. The summed E-state index contributed by atoms with van der Waals surface area (Å²) < 4.78 is 59.9. The molecular formula is C22H30Cl2N4O7S3. The van der Waals surface area contributed by atoms with Gasteiger partial charge < -0.3 is 14.0 Å². The Morgan fingerprint density at radius 1 is 1.05 bits per heavy atom. The summed E-state index contributed by atoms with van der Waals surface area (Å²) >= 11 is 12.6. The SMILES string of the molecule is CN1CCN(S(=O)(=O)CC(Cc2ccsc2[N+](=O)[O-])S(=O)(=O)Oc2ccc(N(CCCl)CCCl)cc2)CC1. The molecule has 1 saturated heterocycles. The minimum atomic E-state index is -4.52. The van der Waals surface area contributed by atoms with Crippen LogP contribution in [0.1, 0.15) is 5.56 Å². The lowest BCUT2D eigenvalue weighted by atomic mass is 10.2. The van der Waals surface area contributed by atoms with Gasteiger partial charge in [-0.1, -0.05) is 11.3 Å². The van der Waals surface area contributed by atoms with Crippen LogP contribution in [-0.4, -0.2) is 100 Å². The van der Waals surface area contributed by atoms with Gasteiger partial charge in [-0.3, -0.25) is 10.1 Å². The highest BCUT2D eigenvalue weighted by atomic mass is 35.5. The normalized spacial score (nSPS) is 16.3. The number of rotatable bonds is 14. The first kappa shape index (κ1) is 30.9. The smallest absolute Gasteiger partial charge is 0.327 e. The standard InChI is InChI=1S/C22H30Cl2N4O7S3/c1-25-11-13-27(14-12-25)37(31,32)17-21(16-18-6-15-36-22(18)28(29)30)38(33,34)35-20-4-2-19(3-5-20)26(9-7-23)10-8-24/h2-6,15,21H,7-14,16-17H2,1H3. The molecule has 1 aromatic heterocycles. The molecule has 11 nitrogen and oxygen atoms in total. The number of thiophene rings is 1. The Bertz CT molecular complexity index is 1280. The van der Waals surface area contributed by atoms with Crippen LogP contribution in [0.2, 0.25) is 0 Å². The van der Waals surface area contributed by atoms with E-state index in [-0.39, 0.29) is 35.8 Å². The van der Waals surface area contributed by atoms with Gasteiger partial charge >= 0.3 is 15.1 Å². The summed E-state index contributed by atoms with van der Waals surface area (Å²) in [6, 6.07) is 7.67. The molecule has 212 valence electrons. The Balaban J connectivity index is 1.87. The molecule has 1 fully saturated rings. The van der Waals surface area contributed by atoms with Crippen LogP contribution in [-0.2, 0) is 26.6 Å². The second-order valence-corrected chi connectivity index (χ2v) is 14.2. The lowest BCUT2D eigenvalue weighted by Gasteiger charge is -2.32. The molecule has 1 unspecified atom stereocenters. The van der Waals surface area contributed by atoms with Crippen molar-refractivity contribution >= 4 is 65.4 Å². The number of nitrogens with zero attached hydrogens (tertiary/aromatic N) is 4. The highest BCUT2D eigenvalue weighted by Gasteiger charge is 2.38. The van der Waals surface area contributed by atoms with Gasteiger partial charge in [-0.25, -0.2) is 8.42 Å². The van der Waals surface area contributed by atoms with E-state index in [9.17, 15) is 26.9 Å². The van der Waals surface area contributed by atoms with Crippen molar-refractivity contribution in [1.82, 2.24) is 9.21 Å². The number of hydrogen-bond donors (Lipinski definition) is 0. The van der Waals surface area contributed by atoms with Crippen molar-refractivity contribution in [2.45, 2.75) is 11.7 Å². The summed E-state index contributed by atoms with van der Waals surface area (Å²) in [6.07, 6.45) is -0.383. The molecule has 2 heterocycles. The van der Waals surface area contributed by atoms with E-state index < -0.39 is 36.1 Å². The number of sulfonamides is 1. The average Bonchev–Trinajstić information content (AvgIpc) is 3.33. The molecule has 38 heavy (non-hydrogen) atoms. The van der Waals surface area contributed by atoms with E-state index in [4.69, 9.17) is 27.4 Å². The number of likely N-dealkylation sites (N-methyl/N-ethyl adjacent to an activating group) is 1. The zero-order valence-electron chi connectivity index (χ0n) is 20.7. The molecule has 1 aliphatic rings. The van der Waals surface area contributed by atoms with E-state index in [1.807, 2.05) is 16.8 Å². The fourth-order valence-corrected chi connectivity index (χ4v) is 8.79. The number of benzene rings is 1. The van der Waals surface area contributed by atoms with Gasteiger partial charge in [0.25, 0.3) is 0 Å². The van der Waals surface area contributed by atoms with Crippen LogP contribution in [0.5, 0.6) is 5.75 Å². The fourth-order valence-electron chi connectivity index (χ4n) is 4.03. The van der Waals surface area contributed by atoms with Crippen LogP contribution in [0, 0.1) is 10.1 Å². The van der Waals surface area contributed by atoms with Crippen LogP contribution < -0.4 is 9.08 Å². The van der Waals surface area contributed by atoms with E-state index in [1.165, 1.54) is 27.9 Å². The summed E-state index contributed by atoms with van der Waals surface area (Å²) in [4.78, 5) is 14.7. The zero-order chi connectivity index (χ0) is 27.9. The Hall–Kier alpha value is -1.68. The van der Waals surface area contributed by atoms with Gasteiger partial charge in [0.05, 0.1) is 10.7 Å². The maximum Gasteiger partial charge on any atom is 0.327 e. The maximum atomic E-state index is 13.4. The molecule has 0 spiro atoms. The second-order valence-electron chi connectivity index (χ2n) is 8.75. The minimum absolute atomic E-state index is 0.00717. The number of anilines is 1. The van der Waals surface area contributed by atoms with Crippen LogP contribution in [0.3, 0.4) is 0 Å². The molecule has 0 bridgehead atoms. The summed E-state index contributed by atoms with van der Waals surface area (Å²) in [5, 5.41) is 11.1. The number of alkyl halides is 2. The second kappa shape index (κ2) is 13.6. The number of nitro groups is 1. The van der Waals surface area contributed by atoms with Gasteiger partial charge in [0.2, 0.25) is 10.0 Å². The van der Waals surface area contributed by atoms with Gasteiger partial charge in [0.15, 0.2) is 0 Å². The largest absolute Gasteiger partial charge is 0.382 e. The monoisotopic (exact) mass is 628 g/mol. The Kier molecular flexibility index (Phi) is 11.0. The molecule has 1 aliphatic heterocycles. The van der Waals surface area contributed by atoms with E-state index in [0.717, 1.165) is 17.0 Å². The van der Waals surface area contributed by atoms with E-state index in [2.05, 4.69) is 0 Å². The van der Waals surface area contributed by atoms with E-state index in [1.54, 1.807) is 12.1 Å². The first-order valence-corrected chi connectivity index (χ1v) is 16.8. The average molecular weight is 630 g/mol. The molecule has 3 rings (SSSR count). The van der Waals surface area contributed by atoms with Crippen molar-refractivity contribution in [3.63, 3.8) is 0 Å². The van der Waals surface area contributed by atoms with Crippen LogP contribution >= 0.6 is 34.5 Å². The highest BCUT2D eigenvalue weighted by molar-refractivity contribution is 7.92. The topological polar surface area (TPSA) is 130 Å². The number of hydrogen-bond acceptors (Lipinski definition) is 10. The summed E-state index contributed by atoms with van der Waals surface area (Å²) in [6.45, 7) is 2.57. The van der Waals surface area contributed by atoms with Gasteiger partial charge in [0.1, 0.15) is 11.0 Å². The first-order chi connectivity index (χ1) is 18.0. The van der Waals surface area contributed by atoms with Gasteiger partial charge in [0, 0.05) is 68.7 Å². The molecule has 0 aliphatic carbocycles. The molecule has 1 aromatic carbocycles. The molecule has 16 heteroatoms. The van der Waals surface area contributed by atoms with E-state index >= 15 is 0 Å². The Labute approximate surface area is 237 Å². The number of halogens is 2. The van der Waals surface area contributed by atoms with Crippen molar-refractivity contribution in [3.8, 4) is 5.75 Å². The predicted octanol–water partition coefficient (Wildman–Crippen LogP) is 2.84. The van der Waals surface area contributed by atoms with Crippen LogP contribution in [0.25, 0.3) is 0 Å². The summed E-state index contributed by atoms with van der Waals surface area (Å²) in [5.41, 5.74) is 0.901. The highest BCUT2D eigenvalue weighted by Crippen LogP contribution is 2.30. The molecular weight excluding hydrogens is 599 g/mol. The van der Waals surface area contributed by atoms with Crippen LogP contribution in [0.15, 0.2) is 35.7 Å². The van der Waals surface area contributed by atoms with Crippen LogP contribution in [0.4, 0.5) is 10.7 Å². The van der Waals surface area contributed by atoms with Crippen molar-refractivity contribution in [2.24, 2.45) is 0 Å². The Morgan fingerprint density at radius 2 is 1.66 bits per heavy atom. The van der Waals surface area contributed by atoms with E-state index in [0.29, 0.717) is 37.9 Å². The molecule has 2 aromatic rings. The van der Waals surface area contributed by atoms with Gasteiger partial charge in [-0.2, -0.15) is 12.7 Å². The maximum absolute atomic E-state index is 13.4. The number of piperazine rings is 1. The van der Waals surface area contributed by atoms with Crippen molar-refractivity contribution in [2.75, 3.05) is 68.7 Å². The van der Waals surface area contributed by atoms with Crippen molar-refractivity contribution in [1.29, 1.82) is 0 Å². The molecule has 0 radical (unpaired) electrons. The minimum Gasteiger partial charge on any atom is -0.382 e. The third kappa shape index (κ3) is 8.16. The molecule has 0 N–H and O–H groups in total. The molecule has 1 atom stereocenters. The third-order valence-electron chi connectivity index (χ3n) is 6.12. The fraction of sp³-hybridized carbons (Fsp3) is 0.545. The lowest BCUT2D eigenvalue weighted by molar-refractivity contribution is -0.380. The van der Waals surface area contributed by atoms with Gasteiger partial charge in [-0.15, -0.1) is 23.2 Å². The summed E-state index contributed by atoms with van der Waals surface area (Å²) in [7, 11) is -6.65. The van der Waals surface area contributed by atoms with Crippen molar-refractivity contribution < 1.29 is 25.9 Å². The summed E-state index contributed by atoms with van der Waals surface area (Å²) in [5.74, 6) is -0.0144. The predicted molar refractivity (Wildman–Crippen MR) is 151 cm³/mol. The van der Waals surface area contributed by atoms with Gasteiger partial charge in [-0.05, 0) is 42.8 Å². The third-order valence-corrected chi connectivity index (χ3v) is 11.1. The Morgan fingerprint density at radius 3 is 2.21 bits per heavy atom. The molecule has 0 saturated carbocycles.